The van der Waals surface area contributed by atoms with Gasteiger partial charge in [0.2, 0.25) is 0 Å². The molecule has 2 rings (SSSR count). The van der Waals surface area contributed by atoms with Crippen LogP contribution < -0.4 is 10.2 Å². The number of carbonyl (C=O) groups excluding carboxylic acids is 2. The summed E-state index contributed by atoms with van der Waals surface area (Å²) >= 11 is 0. The van der Waals surface area contributed by atoms with Crippen LogP contribution in [0.4, 0.5) is 10.6 Å². The number of hydrogen-bond donors (Lipinski definition) is 1. The summed E-state index contributed by atoms with van der Waals surface area (Å²) in [6, 6.07) is 3.68. The fraction of sp³-hybridized carbons (Fsp3) is 0.650. The number of nitrogens with zero attached hydrogens (tertiary/aromatic N) is 3. The number of likely N-dealkylation sites (N-methyl/N-ethyl adjacent to an activating group) is 1. The van der Waals surface area contributed by atoms with E-state index in [-0.39, 0.29) is 5.78 Å². The van der Waals surface area contributed by atoms with Crippen molar-refractivity contribution in [2.24, 2.45) is 0 Å². The standard InChI is InChI=1S/C20H32N4O3/c1-20(2,3)27-19(26)22-10-6-5-9-17(25)16-8-7-11-21-18(16)24-14-12-23(4)13-15-24/h7-8,11H,5-6,9-10,12-15H2,1-4H3,(H,22,26). The molecule has 2 heterocycles. The Kier molecular flexibility index (Phi) is 7.59. The molecule has 150 valence electrons. The summed E-state index contributed by atoms with van der Waals surface area (Å²) in [4.78, 5) is 33.2. The Morgan fingerprint density at radius 1 is 1.19 bits per heavy atom. The smallest absolute Gasteiger partial charge is 0.407 e. The number of hydrogen-bond acceptors (Lipinski definition) is 6. The van der Waals surface area contributed by atoms with Crippen LogP contribution in [0.25, 0.3) is 0 Å². The maximum atomic E-state index is 12.7. The van der Waals surface area contributed by atoms with Crippen LogP contribution in [0.3, 0.4) is 0 Å². The average molecular weight is 377 g/mol. The van der Waals surface area contributed by atoms with Gasteiger partial charge in [0.15, 0.2) is 5.78 Å². The van der Waals surface area contributed by atoms with Gasteiger partial charge >= 0.3 is 6.09 Å². The number of Topliss-reactive ketones (excluding diaryl/α,β-unsaturated/α-hetero) is 1. The van der Waals surface area contributed by atoms with Gasteiger partial charge in [-0.25, -0.2) is 9.78 Å². The molecule has 1 aliphatic heterocycles. The van der Waals surface area contributed by atoms with Gasteiger partial charge in [0.1, 0.15) is 11.4 Å². The van der Waals surface area contributed by atoms with Gasteiger partial charge in [-0.1, -0.05) is 0 Å². The first kappa shape index (κ1) is 21.2. The second-order valence-electron chi connectivity index (χ2n) is 7.97. The molecule has 0 saturated carbocycles. The highest BCUT2D eigenvalue weighted by Crippen LogP contribution is 2.21. The van der Waals surface area contributed by atoms with Crippen molar-refractivity contribution in [3.63, 3.8) is 0 Å². The highest BCUT2D eigenvalue weighted by atomic mass is 16.6. The minimum Gasteiger partial charge on any atom is -0.444 e. The van der Waals surface area contributed by atoms with E-state index in [1.807, 2.05) is 32.9 Å². The minimum atomic E-state index is -0.500. The molecule has 1 N–H and O–H groups in total. The normalized spacial score (nSPS) is 15.5. The van der Waals surface area contributed by atoms with Crippen LogP contribution in [0.2, 0.25) is 0 Å². The van der Waals surface area contributed by atoms with Crippen molar-refractivity contribution in [2.45, 2.75) is 45.6 Å². The van der Waals surface area contributed by atoms with E-state index < -0.39 is 11.7 Å². The highest BCUT2D eigenvalue weighted by Gasteiger charge is 2.21. The van der Waals surface area contributed by atoms with Crippen molar-refractivity contribution in [3.05, 3.63) is 23.9 Å². The average Bonchev–Trinajstić information content (AvgIpc) is 2.60. The zero-order chi connectivity index (χ0) is 19.9. The van der Waals surface area contributed by atoms with Gasteiger partial charge in [-0.05, 0) is 52.8 Å². The number of carbonyl (C=O) groups is 2. The van der Waals surface area contributed by atoms with Gasteiger partial charge in [0.25, 0.3) is 0 Å². The highest BCUT2D eigenvalue weighted by molar-refractivity contribution is 6.00. The number of ether oxygens (including phenoxy) is 1. The molecule has 0 aliphatic carbocycles. The van der Waals surface area contributed by atoms with Gasteiger partial charge in [-0.3, -0.25) is 4.79 Å². The molecule has 7 heteroatoms. The Bertz CT molecular complexity index is 634. The molecule has 1 aromatic heterocycles. The van der Waals surface area contributed by atoms with Crippen LogP contribution in [0.1, 0.15) is 50.4 Å². The number of aromatic nitrogens is 1. The van der Waals surface area contributed by atoms with Crippen molar-refractivity contribution in [1.29, 1.82) is 0 Å². The summed E-state index contributed by atoms with van der Waals surface area (Å²) in [5, 5.41) is 2.72. The summed E-state index contributed by atoms with van der Waals surface area (Å²) in [6.07, 6.45) is 3.22. The number of alkyl carbamates (subject to hydrolysis) is 1. The van der Waals surface area contributed by atoms with E-state index in [1.165, 1.54) is 0 Å². The second-order valence-corrected chi connectivity index (χ2v) is 7.97. The van der Waals surface area contributed by atoms with E-state index in [1.54, 1.807) is 6.20 Å². The first-order valence-electron chi connectivity index (χ1n) is 9.65. The molecule has 0 spiro atoms. The third-order valence-corrected chi connectivity index (χ3v) is 4.39. The van der Waals surface area contributed by atoms with Crippen LogP contribution >= 0.6 is 0 Å². The number of nitrogens with one attached hydrogen (secondary N) is 1. The summed E-state index contributed by atoms with van der Waals surface area (Å²) in [7, 11) is 2.10. The Labute approximate surface area is 162 Å². The molecular weight excluding hydrogens is 344 g/mol. The summed E-state index contributed by atoms with van der Waals surface area (Å²) < 4.78 is 5.19. The van der Waals surface area contributed by atoms with Gasteiger partial charge < -0.3 is 19.9 Å². The number of unbranched alkanes of at least 4 members (excludes halogenated alkanes) is 1. The SMILES string of the molecule is CN1CCN(c2ncccc2C(=O)CCCCNC(=O)OC(C)(C)C)CC1. The number of anilines is 1. The number of pyridine rings is 1. The summed E-state index contributed by atoms with van der Waals surface area (Å²) in [5.41, 5.74) is 0.196. The van der Waals surface area contributed by atoms with Crippen molar-refractivity contribution in [2.75, 3.05) is 44.7 Å². The van der Waals surface area contributed by atoms with Crippen molar-refractivity contribution < 1.29 is 14.3 Å². The third-order valence-electron chi connectivity index (χ3n) is 4.39. The molecule has 1 fully saturated rings. The van der Waals surface area contributed by atoms with Gasteiger partial charge in [-0.2, -0.15) is 0 Å². The Morgan fingerprint density at radius 3 is 2.56 bits per heavy atom. The molecule has 1 aliphatic rings. The minimum absolute atomic E-state index is 0.106. The van der Waals surface area contributed by atoms with Gasteiger partial charge in [-0.15, -0.1) is 0 Å². The zero-order valence-electron chi connectivity index (χ0n) is 17.0. The van der Waals surface area contributed by atoms with E-state index in [0.29, 0.717) is 24.9 Å². The second kappa shape index (κ2) is 9.69. The molecule has 0 aromatic carbocycles. The summed E-state index contributed by atoms with van der Waals surface area (Å²) in [6.45, 7) is 9.70. The molecule has 0 unspecified atom stereocenters. The molecule has 0 radical (unpaired) electrons. The van der Waals surface area contributed by atoms with Crippen LogP contribution in [0.5, 0.6) is 0 Å². The lowest BCUT2D eigenvalue weighted by Crippen LogP contribution is -2.45. The van der Waals surface area contributed by atoms with E-state index in [2.05, 4.69) is 27.1 Å². The molecule has 27 heavy (non-hydrogen) atoms. The van der Waals surface area contributed by atoms with Crippen LogP contribution in [-0.4, -0.2) is 67.1 Å². The van der Waals surface area contributed by atoms with Crippen LogP contribution in [0, 0.1) is 0 Å². The van der Waals surface area contributed by atoms with Gasteiger partial charge in [0.05, 0.1) is 5.56 Å². The van der Waals surface area contributed by atoms with E-state index in [9.17, 15) is 9.59 Å². The van der Waals surface area contributed by atoms with E-state index in [0.717, 1.165) is 38.4 Å². The number of piperazine rings is 1. The largest absolute Gasteiger partial charge is 0.444 e. The Balaban J connectivity index is 1.79. The summed E-state index contributed by atoms with van der Waals surface area (Å²) in [5.74, 6) is 0.900. The third kappa shape index (κ3) is 7.17. The van der Waals surface area contributed by atoms with E-state index in [4.69, 9.17) is 4.74 Å². The van der Waals surface area contributed by atoms with Crippen molar-refractivity contribution >= 4 is 17.7 Å². The molecule has 1 aromatic rings. The predicted octanol–water partition coefficient (Wildman–Crippen LogP) is 2.71. The lowest BCUT2D eigenvalue weighted by atomic mass is 10.1. The maximum absolute atomic E-state index is 12.7. The van der Waals surface area contributed by atoms with E-state index >= 15 is 0 Å². The molecule has 1 saturated heterocycles. The first-order chi connectivity index (χ1) is 12.8. The Hall–Kier alpha value is -2.15. The predicted molar refractivity (Wildman–Crippen MR) is 106 cm³/mol. The van der Waals surface area contributed by atoms with Crippen molar-refractivity contribution in [1.82, 2.24) is 15.2 Å². The fourth-order valence-corrected chi connectivity index (χ4v) is 2.93. The number of ketones is 1. The molecule has 0 atom stereocenters. The maximum Gasteiger partial charge on any atom is 0.407 e. The fourth-order valence-electron chi connectivity index (χ4n) is 2.93. The topological polar surface area (TPSA) is 74.8 Å². The number of rotatable bonds is 7. The van der Waals surface area contributed by atoms with Crippen LogP contribution in [-0.2, 0) is 4.74 Å². The van der Waals surface area contributed by atoms with Crippen LogP contribution in [0.15, 0.2) is 18.3 Å². The van der Waals surface area contributed by atoms with Crippen molar-refractivity contribution in [3.8, 4) is 0 Å². The number of amides is 1. The van der Waals surface area contributed by atoms with Gasteiger partial charge in [0, 0.05) is 45.3 Å². The lowest BCUT2D eigenvalue weighted by Gasteiger charge is -2.34. The zero-order valence-corrected chi connectivity index (χ0v) is 17.0. The lowest BCUT2D eigenvalue weighted by molar-refractivity contribution is 0.0527. The quantitative estimate of drug-likeness (QED) is 0.583. The monoisotopic (exact) mass is 376 g/mol. The Morgan fingerprint density at radius 2 is 1.89 bits per heavy atom. The first-order valence-corrected chi connectivity index (χ1v) is 9.65. The molecule has 1 amide bonds. The molecule has 0 bridgehead atoms. The molecule has 7 nitrogen and oxygen atoms in total. The molecular formula is C20H32N4O3.